The highest BCUT2D eigenvalue weighted by Crippen LogP contribution is 1.98. The lowest BCUT2D eigenvalue weighted by Gasteiger charge is -1.93. The summed E-state index contributed by atoms with van der Waals surface area (Å²) in [5, 5.41) is 0. The molecule has 0 N–H and O–H groups in total. The van der Waals surface area contributed by atoms with Gasteiger partial charge in [-0.2, -0.15) is 0 Å². The maximum atomic E-state index is 3.63. The summed E-state index contributed by atoms with van der Waals surface area (Å²) in [6.45, 7) is 7.95. The van der Waals surface area contributed by atoms with Crippen molar-refractivity contribution in [2.24, 2.45) is 5.92 Å². The Morgan fingerprint density at radius 1 is 1.71 bits per heavy atom. The molecule has 0 aliphatic carbocycles. The normalized spacial score (nSPS) is 11.7. The van der Waals surface area contributed by atoms with E-state index in [4.69, 9.17) is 0 Å². The molecule has 0 aromatic carbocycles. The molecule has 0 bridgehead atoms. The molecule has 0 aromatic heterocycles. The fourth-order valence-electron chi connectivity index (χ4n) is 0.167. The summed E-state index contributed by atoms with van der Waals surface area (Å²) in [4.78, 5) is 0. The van der Waals surface area contributed by atoms with E-state index in [-0.39, 0.29) is 7.43 Å². The van der Waals surface area contributed by atoms with E-state index in [1.165, 1.54) is 6.42 Å². The topological polar surface area (TPSA) is 0 Å². The molecular formula is C7H16. The molecule has 44 valence electrons. The first-order chi connectivity index (χ1) is 2.81. The molecule has 1 unspecified atom stereocenters. The van der Waals surface area contributed by atoms with Gasteiger partial charge in [0.25, 0.3) is 0 Å². The third kappa shape index (κ3) is 5.74. The van der Waals surface area contributed by atoms with Crippen LogP contribution in [0.3, 0.4) is 0 Å². The molecule has 7 heavy (non-hydrogen) atoms. The quantitative estimate of drug-likeness (QED) is 0.468. The van der Waals surface area contributed by atoms with Gasteiger partial charge in [0, 0.05) is 0 Å². The van der Waals surface area contributed by atoms with Crippen molar-refractivity contribution < 1.29 is 0 Å². The SMILES string of the molecule is C.C=CC(C)CC. The molecule has 0 heteroatoms. The van der Waals surface area contributed by atoms with Crippen LogP contribution < -0.4 is 0 Å². The van der Waals surface area contributed by atoms with Crippen molar-refractivity contribution in [1.82, 2.24) is 0 Å². The van der Waals surface area contributed by atoms with E-state index < -0.39 is 0 Å². The van der Waals surface area contributed by atoms with E-state index in [1.807, 2.05) is 6.08 Å². The summed E-state index contributed by atoms with van der Waals surface area (Å²) in [7, 11) is 0. The van der Waals surface area contributed by atoms with Crippen LogP contribution in [0.4, 0.5) is 0 Å². The Labute approximate surface area is 47.2 Å². The maximum absolute atomic E-state index is 3.63. The van der Waals surface area contributed by atoms with Gasteiger partial charge in [-0.15, -0.1) is 6.58 Å². The van der Waals surface area contributed by atoms with Gasteiger partial charge in [0.05, 0.1) is 0 Å². The van der Waals surface area contributed by atoms with E-state index in [9.17, 15) is 0 Å². The van der Waals surface area contributed by atoms with Crippen molar-refractivity contribution in [2.45, 2.75) is 27.7 Å². The molecule has 0 nitrogen and oxygen atoms in total. The summed E-state index contributed by atoms with van der Waals surface area (Å²) in [5.74, 6) is 0.699. The minimum atomic E-state index is 0. The summed E-state index contributed by atoms with van der Waals surface area (Å²) >= 11 is 0. The predicted octanol–water partition coefficient (Wildman–Crippen LogP) is 2.85. The summed E-state index contributed by atoms with van der Waals surface area (Å²) in [6.07, 6.45) is 3.18. The zero-order chi connectivity index (χ0) is 4.99. The zero-order valence-corrected chi connectivity index (χ0v) is 4.57. The summed E-state index contributed by atoms with van der Waals surface area (Å²) in [6, 6.07) is 0. The van der Waals surface area contributed by atoms with Crippen molar-refractivity contribution >= 4 is 0 Å². The molecule has 0 spiro atoms. The zero-order valence-electron chi connectivity index (χ0n) is 4.57. The average molecular weight is 100 g/mol. The van der Waals surface area contributed by atoms with Gasteiger partial charge < -0.3 is 0 Å². The van der Waals surface area contributed by atoms with Crippen molar-refractivity contribution in [3.05, 3.63) is 12.7 Å². The van der Waals surface area contributed by atoms with Gasteiger partial charge >= 0.3 is 0 Å². The van der Waals surface area contributed by atoms with E-state index in [1.54, 1.807) is 0 Å². The molecule has 0 radical (unpaired) electrons. The molecule has 0 saturated carbocycles. The first-order valence-corrected chi connectivity index (χ1v) is 2.43. The van der Waals surface area contributed by atoms with Gasteiger partial charge in [-0.3, -0.25) is 0 Å². The first kappa shape index (κ1) is 9.88. The van der Waals surface area contributed by atoms with Crippen LogP contribution in [0.1, 0.15) is 27.7 Å². The molecule has 0 aliphatic rings. The van der Waals surface area contributed by atoms with Gasteiger partial charge in [0.2, 0.25) is 0 Å². The van der Waals surface area contributed by atoms with E-state index >= 15 is 0 Å². The Morgan fingerprint density at radius 3 is 2.14 bits per heavy atom. The van der Waals surface area contributed by atoms with Crippen LogP contribution in [0.2, 0.25) is 0 Å². The maximum Gasteiger partial charge on any atom is -0.0267 e. The van der Waals surface area contributed by atoms with Gasteiger partial charge in [-0.25, -0.2) is 0 Å². The summed E-state index contributed by atoms with van der Waals surface area (Å²) in [5.41, 5.74) is 0. The van der Waals surface area contributed by atoms with Crippen LogP contribution >= 0.6 is 0 Å². The molecule has 0 rings (SSSR count). The second-order valence-electron chi connectivity index (χ2n) is 1.62. The second kappa shape index (κ2) is 5.74. The van der Waals surface area contributed by atoms with E-state index in [0.29, 0.717) is 5.92 Å². The number of allylic oxidation sites excluding steroid dienone is 1. The Bertz CT molecular complexity index is 37.3. The lowest BCUT2D eigenvalue weighted by Crippen LogP contribution is -1.80. The van der Waals surface area contributed by atoms with Crippen LogP contribution in [-0.4, -0.2) is 0 Å². The first-order valence-electron chi connectivity index (χ1n) is 2.43. The molecule has 1 atom stereocenters. The van der Waals surface area contributed by atoms with Crippen LogP contribution in [0.15, 0.2) is 12.7 Å². The third-order valence-electron chi connectivity index (χ3n) is 1.05. The molecule has 0 saturated heterocycles. The van der Waals surface area contributed by atoms with E-state index in [0.717, 1.165) is 0 Å². The van der Waals surface area contributed by atoms with Gasteiger partial charge in [0.1, 0.15) is 0 Å². The number of hydrogen-bond acceptors (Lipinski definition) is 0. The highest BCUT2D eigenvalue weighted by atomic mass is 13.9. The van der Waals surface area contributed by atoms with Crippen LogP contribution in [0.5, 0.6) is 0 Å². The lowest BCUT2D eigenvalue weighted by molar-refractivity contribution is 0.700. The Balaban J connectivity index is 0. The Morgan fingerprint density at radius 2 is 2.14 bits per heavy atom. The molecular weight excluding hydrogens is 84.1 g/mol. The summed E-state index contributed by atoms with van der Waals surface area (Å²) < 4.78 is 0. The highest BCUT2D eigenvalue weighted by Gasteiger charge is 1.84. The van der Waals surface area contributed by atoms with Gasteiger partial charge in [-0.1, -0.05) is 33.8 Å². The minimum absolute atomic E-state index is 0. The van der Waals surface area contributed by atoms with Gasteiger partial charge in [0.15, 0.2) is 0 Å². The average Bonchev–Trinajstić information content (AvgIpc) is 1.65. The van der Waals surface area contributed by atoms with Crippen molar-refractivity contribution in [3.63, 3.8) is 0 Å². The minimum Gasteiger partial charge on any atom is -0.103 e. The fraction of sp³-hybridized carbons (Fsp3) is 0.714. The third-order valence-corrected chi connectivity index (χ3v) is 1.05. The van der Waals surface area contributed by atoms with Crippen LogP contribution in [0.25, 0.3) is 0 Å². The smallest absolute Gasteiger partial charge is 0.0267 e. The van der Waals surface area contributed by atoms with Crippen LogP contribution in [-0.2, 0) is 0 Å². The highest BCUT2D eigenvalue weighted by molar-refractivity contribution is 4.72. The van der Waals surface area contributed by atoms with Crippen molar-refractivity contribution in [3.8, 4) is 0 Å². The molecule has 0 aromatic rings. The van der Waals surface area contributed by atoms with Crippen molar-refractivity contribution in [2.75, 3.05) is 0 Å². The van der Waals surface area contributed by atoms with Crippen molar-refractivity contribution in [1.29, 1.82) is 0 Å². The largest absolute Gasteiger partial charge is 0.103 e. The Kier molecular flexibility index (Phi) is 8.10. The van der Waals surface area contributed by atoms with E-state index in [2.05, 4.69) is 20.4 Å². The monoisotopic (exact) mass is 100 g/mol. The van der Waals surface area contributed by atoms with Crippen LogP contribution in [0, 0.1) is 5.92 Å². The fourth-order valence-corrected chi connectivity index (χ4v) is 0.167. The Hall–Kier alpha value is -0.260. The second-order valence-corrected chi connectivity index (χ2v) is 1.62. The molecule has 0 heterocycles. The number of hydrogen-bond donors (Lipinski definition) is 0. The molecule has 0 fully saturated rings. The molecule has 0 amide bonds. The lowest BCUT2D eigenvalue weighted by atomic mass is 10.1. The predicted molar refractivity (Wildman–Crippen MR) is 36.4 cm³/mol. The van der Waals surface area contributed by atoms with Gasteiger partial charge in [-0.05, 0) is 5.92 Å². The standard InChI is InChI=1S/C6H12.CH4/c1-4-6(3)5-2;/h4,6H,1,5H2,2-3H3;1H4. The molecule has 0 aliphatic heterocycles. The number of rotatable bonds is 2.